The van der Waals surface area contributed by atoms with Gasteiger partial charge in [-0.1, -0.05) is 18.2 Å². The molecule has 1 aromatic heterocycles. The highest BCUT2D eigenvalue weighted by atomic mass is 16.5. The first-order valence-electron chi connectivity index (χ1n) is 6.51. The summed E-state index contributed by atoms with van der Waals surface area (Å²) in [5.41, 5.74) is 3.21. The summed E-state index contributed by atoms with van der Waals surface area (Å²) >= 11 is 0. The molecule has 0 fully saturated rings. The number of ether oxygens (including phenoxy) is 2. The quantitative estimate of drug-likeness (QED) is 0.849. The predicted molar refractivity (Wildman–Crippen MR) is 71.7 cm³/mol. The molecule has 1 N–H and O–H groups in total. The van der Waals surface area contributed by atoms with E-state index in [0.717, 1.165) is 35.8 Å². The summed E-state index contributed by atoms with van der Waals surface area (Å²) in [6.45, 7) is 1.53. The fraction of sp³-hybridized carbons (Fsp3) is 0.267. The zero-order chi connectivity index (χ0) is 12.7. The predicted octanol–water partition coefficient (Wildman–Crippen LogP) is 2.56. The van der Waals surface area contributed by atoms with Crippen molar-refractivity contribution in [2.75, 3.05) is 18.5 Å². The molecular weight excluding hydrogens is 240 g/mol. The van der Waals surface area contributed by atoms with E-state index in [1.165, 1.54) is 5.56 Å². The Balaban J connectivity index is 1.64. The van der Waals surface area contributed by atoms with E-state index in [1.807, 2.05) is 24.3 Å². The van der Waals surface area contributed by atoms with Crippen LogP contribution in [0.2, 0.25) is 0 Å². The number of para-hydroxylation sites is 1. The number of anilines is 1. The van der Waals surface area contributed by atoms with E-state index in [0.29, 0.717) is 6.61 Å². The third-order valence-electron chi connectivity index (χ3n) is 3.54. The maximum Gasteiger partial charge on any atom is 0.160 e. The molecule has 4 rings (SSSR count). The summed E-state index contributed by atoms with van der Waals surface area (Å²) in [6, 6.07) is 10.2. The van der Waals surface area contributed by atoms with Crippen molar-refractivity contribution in [3.8, 4) is 11.5 Å². The van der Waals surface area contributed by atoms with Crippen LogP contribution in [-0.4, -0.2) is 18.1 Å². The van der Waals surface area contributed by atoms with Gasteiger partial charge in [0, 0.05) is 13.0 Å². The Hall–Kier alpha value is -2.23. The number of nitrogens with one attached hydrogen (secondary N) is 1. The molecule has 0 amide bonds. The Labute approximate surface area is 111 Å². The fourth-order valence-electron chi connectivity index (χ4n) is 2.58. The van der Waals surface area contributed by atoms with Crippen molar-refractivity contribution in [1.82, 2.24) is 4.98 Å². The van der Waals surface area contributed by atoms with Crippen LogP contribution >= 0.6 is 0 Å². The smallest absolute Gasteiger partial charge is 0.160 e. The molecule has 2 aliphatic rings. The Morgan fingerprint density at radius 2 is 2.16 bits per heavy atom. The summed E-state index contributed by atoms with van der Waals surface area (Å²) < 4.78 is 11.5. The second kappa shape index (κ2) is 4.16. The molecule has 0 aliphatic carbocycles. The number of fused-ring (bicyclic) bond motifs is 2. The second-order valence-corrected chi connectivity index (χ2v) is 4.80. The Kier molecular flexibility index (Phi) is 2.33. The number of hydrogen-bond acceptors (Lipinski definition) is 4. The molecule has 1 unspecified atom stereocenters. The van der Waals surface area contributed by atoms with Crippen LogP contribution in [0, 0.1) is 0 Å². The first-order valence-corrected chi connectivity index (χ1v) is 6.51. The number of pyridine rings is 1. The normalized spacial score (nSPS) is 19.7. The largest absolute Gasteiger partial charge is 0.488 e. The molecule has 0 spiro atoms. The molecule has 0 saturated carbocycles. The first kappa shape index (κ1) is 10.7. The molecule has 4 nitrogen and oxygen atoms in total. The van der Waals surface area contributed by atoms with E-state index in [9.17, 15) is 0 Å². The van der Waals surface area contributed by atoms with Gasteiger partial charge in [-0.05, 0) is 17.7 Å². The number of aromatic nitrogens is 1. The maximum atomic E-state index is 5.95. The third-order valence-corrected chi connectivity index (χ3v) is 3.54. The number of hydrogen-bond donors (Lipinski definition) is 1. The van der Waals surface area contributed by atoms with Crippen molar-refractivity contribution in [1.29, 1.82) is 0 Å². The van der Waals surface area contributed by atoms with Gasteiger partial charge < -0.3 is 14.8 Å². The molecule has 0 bridgehead atoms. The summed E-state index contributed by atoms with van der Waals surface area (Å²) in [4.78, 5) is 4.47. The lowest BCUT2D eigenvalue weighted by Gasteiger charge is -2.20. The fourth-order valence-corrected chi connectivity index (χ4v) is 2.58. The third kappa shape index (κ3) is 1.80. The molecule has 4 heteroatoms. The summed E-state index contributed by atoms with van der Waals surface area (Å²) in [7, 11) is 0. The molecule has 19 heavy (non-hydrogen) atoms. The lowest BCUT2D eigenvalue weighted by molar-refractivity contribution is 0.233. The van der Waals surface area contributed by atoms with Crippen LogP contribution in [-0.2, 0) is 6.42 Å². The number of rotatable bonds is 1. The van der Waals surface area contributed by atoms with Crippen LogP contribution in [0.3, 0.4) is 0 Å². The van der Waals surface area contributed by atoms with Crippen LogP contribution in [0.15, 0.2) is 36.5 Å². The van der Waals surface area contributed by atoms with Gasteiger partial charge in [-0.3, -0.25) is 4.98 Å². The van der Waals surface area contributed by atoms with Crippen molar-refractivity contribution >= 4 is 5.69 Å². The van der Waals surface area contributed by atoms with Gasteiger partial charge in [0.25, 0.3) is 0 Å². The molecule has 1 aromatic carbocycles. The summed E-state index contributed by atoms with van der Waals surface area (Å²) in [6.07, 6.45) is 2.66. The van der Waals surface area contributed by atoms with Crippen molar-refractivity contribution in [3.63, 3.8) is 0 Å². The number of nitrogens with zero attached hydrogens (tertiary/aromatic N) is 1. The summed E-state index contributed by atoms with van der Waals surface area (Å²) in [5, 5.41) is 3.33. The average Bonchev–Trinajstić information content (AvgIpc) is 2.90. The zero-order valence-corrected chi connectivity index (χ0v) is 10.4. The van der Waals surface area contributed by atoms with E-state index in [4.69, 9.17) is 9.47 Å². The van der Waals surface area contributed by atoms with Gasteiger partial charge in [-0.15, -0.1) is 0 Å². The van der Waals surface area contributed by atoms with Gasteiger partial charge in [0.15, 0.2) is 5.75 Å². The molecular formula is C15H14N2O2. The van der Waals surface area contributed by atoms with E-state index in [1.54, 1.807) is 6.20 Å². The second-order valence-electron chi connectivity index (χ2n) is 4.80. The molecule has 2 aromatic rings. The van der Waals surface area contributed by atoms with Crippen molar-refractivity contribution < 1.29 is 9.47 Å². The van der Waals surface area contributed by atoms with E-state index in [-0.39, 0.29) is 6.10 Å². The lowest BCUT2D eigenvalue weighted by Crippen LogP contribution is -2.19. The Morgan fingerprint density at radius 3 is 3.11 bits per heavy atom. The van der Waals surface area contributed by atoms with Gasteiger partial charge in [0.1, 0.15) is 18.5 Å². The van der Waals surface area contributed by atoms with Crippen molar-refractivity contribution in [3.05, 3.63) is 47.8 Å². The Morgan fingerprint density at radius 1 is 1.21 bits per heavy atom. The molecule has 0 saturated heterocycles. The SMILES string of the molecule is c1ccc2c(c1)CC(c1cc3c(cn1)OCCN3)O2. The standard InChI is InChI=1S/C15H14N2O2/c1-2-4-13-10(3-1)7-14(19-13)11-8-12-15(9-17-11)18-6-5-16-12/h1-4,8-9,14,16H,5-7H2. The maximum absolute atomic E-state index is 5.95. The molecule has 1 atom stereocenters. The molecule has 0 radical (unpaired) electrons. The topological polar surface area (TPSA) is 43.4 Å². The molecule has 3 heterocycles. The van der Waals surface area contributed by atoms with E-state index in [2.05, 4.69) is 16.4 Å². The lowest BCUT2D eigenvalue weighted by atomic mass is 10.1. The van der Waals surface area contributed by atoms with Gasteiger partial charge in [-0.2, -0.15) is 0 Å². The molecule has 2 aliphatic heterocycles. The average molecular weight is 254 g/mol. The van der Waals surface area contributed by atoms with Crippen LogP contribution < -0.4 is 14.8 Å². The van der Waals surface area contributed by atoms with Gasteiger partial charge in [-0.25, -0.2) is 0 Å². The minimum Gasteiger partial charge on any atom is -0.488 e. The van der Waals surface area contributed by atoms with Gasteiger partial charge in [0.2, 0.25) is 0 Å². The first-order chi connectivity index (χ1) is 9.40. The van der Waals surface area contributed by atoms with Crippen LogP contribution in [0.1, 0.15) is 17.4 Å². The summed E-state index contributed by atoms with van der Waals surface area (Å²) in [5.74, 6) is 1.79. The van der Waals surface area contributed by atoms with Crippen LogP contribution in [0.5, 0.6) is 11.5 Å². The minimum absolute atomic E-state index is 0.00595. The van der Waals surface area contributed by atoms with E-state index >= 15 is 0 Å². The van der Waals surface area contributed by atoms with E-state index < -0.39 is 0 Å². The highest BCUT2D eigenvalue weighted by molar-refractivity contribution is 5.57. The monoisotopic (exact) mass is 254 g/mol. The Bertz CT molecular complexity index is 602. The van der Waals surface area contributed by atoms with Crippen molar-refractivity contribution in [2.45, 2.75) is 12.5 Å². The van der Waals surface area contributed by atoms with Crippen LogP contribution in [0.4, 0.5) is 5.69 Å². The van der Waals surface area contributed by atoms with Gasteiger partial charge >= 0.3 is 0 Å². The highest BCUT2D eigenvalue weighted by Crippen LogP contribution is 2.37. The van der Waals surface area contributed by atoms with Crippen LogP contribution in [0.25, 0.3) is 0 Å². The van der Waals surface area contributed by atoms with Crippen molar-refractivity contribution in [2.24, 2.45) is 0 Å². The highest BCUT2D eigenvalue weighted by Gasteiger charge is 2.26. The number of benzene rings is 1. The zero-order valence-electron chi connectivity index (χ0n) is 10.4. The molecule has 96 valence electrons. The minimum atomic E-state index is 0.00595. The van der Waals surface area contributed by atoms with Gasteiger partial charge in [0.05, 0.1) is 17.6 Å².